The first kappa shape index (κ1) is 15.3. The number of aromatic nitrogens is 2. The van der Waals surface area contributed by atoms with Gasteiger partial charge < -0.3 is 5.32 Å². The highest BCUT2D eigenvalue weighted by molar-refractivity contribution is 7.13. The molecule has 4 nitrogen and oxygen atoms in total. The molecule has 0 aromatic carbocycles. The van der Waals surface area contributed by atoms with Crippen LogP contribution in [0, 0.1) is 11.3 Å². The van der Waals surface area contributed by atoms with Gasteiger partial charge in [0.2, 0.25) is 0 Å². The fourth-order valence-corrected chi connectivity index (χ4v) is 2.38. The summed E-state index contributed by atoms with van der Waals surface area (Å²) in [5.41, 5.74) is -0.193. The first-order valence-electron chi connectivity index (χ1n) is 6.02. The van der Waals surface area contributed by atoms with Crippen LogP contribution in [-0.4, -0.2) is 9.97 Å². The fourth-order valence-electron chi connectivity index (χ4n) is 1.51. The van der Waals surface area contributed by atoms with Gasteiger partial charge in [0.05, 0.1) is 11.3 Å². The van der Waals surface area contributed by atoms with E-state index in [1.54, 1.807) is 0 Å². The summed E-state index contributed by atoms with van der Waals surface area (Å²) in [5.74, 6) is 0.0682. The predicted octanol–water partition coefficient (Wildman–Crippen LogP) is 4.30. The molecule has 2 aromatic heterocycles. The molecule has 2 heterocycles. The Kier molecular flexibility index (Phi) is 4.14. The number of anilines is 2. The second kappa shape index (κ2) is 5.69. The minimum absolute atomic E-state index is 0.0318. The molecule has 0 spiro atoms. The predicted molar refractivity (Wildman–Crippen MR) is 73.4 cm³/mol. The first-order valence-corrected chi connectivity index (χ1v) is 6.90. The van der Waals surface area contributed by atoms with Crippen LogP contribution >= 0.6 is 11.3 Å². The maximum atomic E-state index is 12.7. The topological polar surface area (TPSA) is 61.6 Å². The monoisotopic (exact) mass is 312 g/mol. The third-order valence-corrected chi connectivity index (χ3v) is 3.42. The molecule has 0 aliphatic carbocycles. The maximum absolute atomic E-state index is 12.7. The standard InChI is InChI=1S/C13H11F3N4S/c1-7(2)9-6-21-12(18-9)20-11-8(5-17)3-4-10(19-11)13(14,15)16/h3-4,6-7H,1-2H3,(H,18,19,20). The van der Waals surface area contributed by atoms with Gasteiger partial charge in [0.25, 0.3) is 0 Å². The quantitative estimate of drug-likeness (QED) is 0.918. The maximum Gasteiger partial charge on any atom is 0.433 e. The molecule has 0 unspecified atom stereocenters. The molecule has 0 saturated heterocycles. The zero-order valence-corrected chi connectivity index (χ0v) is 12.0. The first-order chi connectivity index (χ1) is 9.81. The molecule has 0 saturated carbocycles. The molecule has 8 heteroatoms. The minimum Gasteiger partial charge on any atom is -0.315 e. The Labute approximate surface area is 123 Å². The molecule has 0 fully saturated rings. The summed E-state index contributed by atoms with van der Waals surface area (Å²) in [6.45, 7) is 3.92. The highest BCUT2D eigenvalue weighted by atomic mass is 32.1. The van der Waals surface area contributed by atoms with Crippen LogP contribution in [0.2, 0.25) is 0 Å². The van der Waals surface area contributed by atoms with E-state index in [9.17, 15) is 13.2 Å². The zero-order chi connectivity index (χ0) is 15.6. The average molecular weight is 312 g/mol. The van der Waals surface area contributed by atoms with E-state index in [0.29, 0.717) is 5.13 Å². The highest BCUT2D eigenvalue weighted by Crippen LogP contribution is 2.31. The van der Waals surface area contributed by atoms with Gasteiger partial charge in [0.1, 0.15) is 11.8 Å². The highest BCUT2D eigenvalue weighted by Gasteiger charge is 2.33. The molecular formula is C13H11F3N4S. The van der Waals surface area contributed by atoms with Crippen LogP contribution in [0.1, 0.15) is 36.7 Å². The Balaban J connectivity index is 2.35. The molecule has 0 amide bonds. The number of hydrogen-bond acceptors (Lipinski definition) is 5. The van der Waals surface area contributed by atoms with Gasteiger partial charge in [-0.1, -0.05) is 13.8 Å². The summed E-state index contributed by atoms with van der Waals surface area (Å²) in [6, 6.07) is 3.68. The fraction of sp³-hybridized carbons (Fsp3) is 0.308. The van der Waals surface area contributed by atoms with Crippen molar-refractivity contribution in [2.45, 2.75) is 25.9 Å². The van der Waals surface area contributed by atoms with Crippen LogP contribution in [-0.2, 0) is 6.18 Å². The summed E-state index contributed by atoms with van der Waals surface area (Å²) < 4.78 is 38.0. The van der Waals surface area contributed by atoms with Crippen molar-refractivity contribution < 1.29 is 13.2 Å². The molecule has 0 bridgehead atoms. The molecule has 0 atom stereocenters. The number of halogens is 3. The van der Waals surface area contributed by atoms with E-state index in [0.717, 1.165) is 17.8 Å². The van der Waals surface area contributed by atoms with Crippen molar-refractivity contribution in [2.24, 2.45) is 0 Å². The third kappa shape index (κ3) is 3.49. The number of alkyl halides is 3. The third-order valence-electron chi connectivity index (χ3n) is 2.64. The molecule has 0 aliphatic heterocycles. The van der Waals surface area contributed by atoms with Crippen LogP contribution in [0.25, 0.3) is 0 Å². The summed E-state index contributed by atoms with van der Waals surface area (Å²) in [4.78, 5) is 7.72. The van der Waals surface area contributed by atoms with Crippen LogP contribution < -0.4 is 5.32 Å². The Hall–Kier alpha value is -2.14. The van der Waals surface area contributed by atoms with Gasteiger partial charge in [-0.15, -0.1) is 11.3 Å². The second-order valence-corrected chi connectivity index (χ2v) is 5.42. The number of pyridine rings is 1. The van der Waals surface area contributed by atoms with Gasteiger partial charge in [-0.3, -0.25) is 0 Å². The van der Waals surface area contributed by atoms with Crippen molar-refractivity contribution in [3.8, 4) is 6.07 Å². The van der Waals surface area contributed by atoms with Crippen LogP contribution in [0.15, 0.2) is 17.5 Å². The summed E-state index contributed by atoms with van der Waals surface area (Å²) >= 11 is 1.25. The van der Waals surface area contributed by atoms with Gasteiger partial charge in [0.15, 0.2) is 10.9 Å². The Morgan fingerprint density at radius 3 is 2.52 bits per heavy atom. The van der Waals surface area contributed by atoms with Gasteiger partial charge >= 0.3 is 6.18 Å². The summed E-state index contributed by atoms with van der Waals surface area (Å²) in [6.07, 6.45) is -4.56. The van der Waals surface area contributed by atoms with Crippen LogP contribution in [0.5, 0.6) is 0 Å². The van der Waals surface area contributed by atoms with Crippen molar-refractivity contribution in [3.05, 3.63) is 34.5 Å². The molecule has 2 aromatic rings. The lowest BCUT2D eigenvalue weighted by atomic mass is 10.2. The second-order valence-electron chi connectivity index (χ2n) is 4.56. The zero-order valence-electron chi connectivity index (χ0n) is 11.2. The van der Waals surface area contributed by atoms with Crippen molar-refractivity contribution in [3.63, 3.8) is 0 Å². The number of thiazole rings is 1. The van der Waals surface area contributed by atoms with E-state index in [2.05, 4.69) is 15.3 Å². The lowest BCUT2D eigenvalue weighted by molar-refractivity contribution is -0.141. The van der Waals surface area contributed by atoms with Gasteiger partial charge in [-0.25, -0.2) is 9.97 Å². The molecule has 1 N–H and O–H groups in total. The lowest BCUT2D eigenvalue weighted by Gasteiger charge is -2.09. The van der Waals surface area contributed by atoms with Gasteiger partial charge in [-0.2, -0.15) is 18.4 Å². The SMILES string of the molecule is CC(C)c1csc(Nc2nc(C(F)(F)F)ccc2C#N)n1. The molecule has 110 valence electrons. The number of nitrogens with one attached hydrogen (secondary N) is 1. The molecular weight excluding hydrogens is 301 g/mol. The largest absolute Gasteiger partial charge is 0.433 e. The summed E-state index contributed by atoms with van der Waals surface area (Å²) in [7, 11) is 0. The van der Waals surface area contributed by atoms with E-state index in [1.165, 1.54) is 11.3 Å². The molecule has 0 radical (unpaired) electrons. The van der Waals surface area contributed by atoms with E-state index in [-0.39, 0.29) is 17.3 Å². The number of hydrogen-bond donors (Lipinski definition) is 1. The van der Waals surface area contributed by atoms with Crippen molar-refractivity contribution in [1.82, 2.24) is 9.97 Å². The minimum atomic E-state index is -4.56. The molecule has 21 heavy (non-hydrogen) atoms. The Morgan fingerprint density at radius 1 is 1.29 bits per heavy atom. The van der Waals surface area contributed by atoms with Crippen molar-refractivity contribution in [2.75, 3.05) is 5.32 Å². The Morgan fingerprint density at radius 2 is 2.00 bits per heavy atom. The Bertz CT molecular complexity index is 685. The smallest absolute Gasteiger partial charge is 0.315 e. The van der Waals surface area contributed by atoms with E-state index < -0.39 is 11.9 Å². The van der Waals surface area contributed by atoms with Crippen LogP contribution in [0.4, 0.5) is 24.1 Å². The normalized spacial score (nSPS) is 11.5. The van der Waals surface area contributed by atoms with E-state index >= 15 is 0 Å². The summed E-state index contributed by atoms with van der Waals surface area (Å²) in [5, 5.41) is 13.9. The van der Waals surface area contributed by atoms with E-state index in [1.807, 2.05) is 25.3 Å². The van der Waals surface area contributed by atoms with Gasteiger partial charge in [0, 0.05) is 5.38 Å². The van der Waals surface area contributed by atoms with Crippen molar-refractivity contribution in [1.29, 1.82) is 5.26 Å². The van der Waals surface area contributed by atoms with Crippen molar-refractivity contribution >= 4 is 22.3 Å². The molecule has 2 rings (SSSR count). The van der Waals surface area contributed by atoms with Crippen LogP contribution in [0.3, 0.4) is 0 Å². The average Bonchev–Trinajstić information content (AvgIpc) is 2.86. The number of rotatable bonds is 3. The lowest BCUT2D eigenvalue weighted by Crippen LogP contribution is -2.10. The van der Waals surface area contributed by atoms with E-state index in [4.69, 9.17) is 5.26 Å². The number of nitriles is 1. The molecule has 0 aliphatic rings. The van der Waals surface area contributed by atoms with Gasteiger partial charge in [-0.05, 0) is 18.1 Å². The number of nitrogens with zero attached hydrogens (tertiary/aromatic N) is 3.